The predicted octanol–water partition coefficient (Wildman–Crippen LogP) is 2.17. The van der Waals surface area contributed by atoms with Crippen molar-refractivity contribution in [3.63, 3.8) is 0 Å². The number of ether oxygens (including phenoxy) is 1. The highest BCUT2D eigenvalue weighted by atomic mass is 16.5. The Bertz CT molecular complexity index is 540. The van der Waals surface area contributed by atoms with Crippen LogP contribution in [0.25, 0.3) is 11.3 Å². The number of nitrogens with zero attached hydrogens (tertiary/aromatic N) is 2. The zero-order valence-corrected chi connectivity index (χ0v) is 10.7. The SMILES string of the molecule is CCc1cc(-c2cc(CN)ncn2)ccc1OC. The van der Waals surface area contributed by atoms with Gasteiger partial charge in [-0.1, -0.05) is 6.92 Å². The summed E-state index contributed by atoms with van der Waals surface area (Å²) in [5.41, 5.74) is 9.55. The van der Waals surface area contributed by atoms with Crippen LogP contribution in [-0.4, -0.2) is 17.1 Å². The summed E-state index contributed by atoms with van der Waals surface area (Å²) in [5, 5.41) is 0. The molecule has 0 amide bonds. The largest absolute Gasteiger partial charge is 0.496 e. The van der Waals surface area contributed by atoms with Crippen LogP contribution in [0.5, 0.6) is 5.75 Å². The van der Waals surface area contributed by atoms with Gasteiger partial charge in [-0.3, -0.25) is 0 Å². The maximum atomic E-state index is 5.59. The lowest BCUT2D eigenvalue weighted by Crippen LogP contribution is -2.00. The molecule has 2 N–H and O–H groups in total. The maximum Gasteiger partial charge on any atom is 0.122 e. The van der Waals surface area contributed by atoms with Crippen LogP contribution in [0.3, 0.4) is 0 Å². The van der Waals surface area contributed by atoms with Crippen LogP contribution in [-0.2, 0) is 13.0 Å². The molecule has 0 atom stereocenters. The topological polar surface area (TPSA) is 61.0 Å². The minimum absolute atomic E-state index is 0.423. The van der Waals surface area contributed by atoms with E-state index >= 15 is 0 Å². The van der Waals surface area contributed by atoms with Gasteiger partial charge in [0.25, 0.3) is 0 Å². The van der Waals surface area contributed by atoms with E-state index in [9.17, 15) is 0 Å². The van der Waals surface area contributed by atoms with Crippen LogP contribution >= 0.6 is 0 Å². The normalized spacial score (nSPS) is 10.4. The molecule has 0 saturated heterocycles. The molecular weight excluding hydrogens is 226 g/mol. The highest BCUT2D eigenvalue weighted by Crippen LogP contribution is 2.25. The van der Waals surface area contributed by atoms with Crippen molar-refractivity contribution in [3.8, 4) is 17.0 Å². The number of aromatic nitrogens is 2. The molecular formula is C14H17N3O. The van der Waals surface area contributed by atoms with Gasteiger partial charge in [-0.25, -0.2) is 9.97 Å². The molecule has 2 rings (SSSR count). The minimum Gasteiger partial charge on any atom is -0.496 e. The van der Waals surface area contributed by atoms with Crippen LogP contribution in [0.1, 0.15) is 18.2 Å². The van der Waals surface area contributed by atoms with E-state index in [-0.39, 0.29) is 0 Å². The van der Waals surface area contributed by atoms with Gasteiger partial charge in [-0.15, -0.1) is 0 Å². The number of methoxy groups -OCH3 is 1. The van der Waals surface area contributed by atoms with Gasteiger partial charge in [0.05, 0.1) is 18.5 Å². The van der Waals surface area contributed by atoms with Gasteiger partial charge in [-0.2, -0.15) is 0 Å². The highest BCUT2D eigenvalue weighted by Gasteiger charge is 2.06. The fourth-order valence-electron chi connectivity index (χ4n) is 1.88. The molecule has 1 heterocycles. The second kappa shape index (κ2) is 5.60. The lowest BCUT2D eigenvalue weighted by Gasteiger charge is -2.09. The van der Waals surface area contributed by atoms with E-state index in [1.165, 1.54) is 5.56 Å². The Balaban J connectivity index is 2.43. The molecule has 94 valence electrons. The fraction of sp³-hybridized carbons (Fsp3) is 0.286. The van der Waals surface area contributed by atoms with Gasteiger partial charge < -0.3 is 10.5 Å². The van der Waals surface area contributed by atoms with Gasteiger partial charge >= 0.3 is 0 Å². The molecule has 2 aromatic rings. The van der Waals surface area contributed by atoms with Gasteiger partial charge in [0.15, 0.2) is 0 Å². The van der Waals surface area contributed by atoms with Crippen molar-refractivity contribution in [1.82, 2.24) is 9.97 Å². The molecule has 4 nitrogen and oxygen atoms in total. The summed E-state index contributed by atoms with van der Waals surface area (Å²) in [6, 6.07) is 7.99. The Hall–Kier alpha value is -1.94. The number of benzene rings is 1. The Kier molecular flexibility index (Phi) is 3.89. The van der Waals surface area contributed by atoms with Crippen molar-refractivity contribution in [2.45, 2.75) is 19.9 Å². The van der Waals surface area contributed by atoms with E-state index in [0.29, 0.717) is 6.54 Å². The van der Waals surface area contributed by atoms with E-state index in [0.717, 1.165) is 29.1 Å². The van der Waals surface area contributed by atoms with Crippen molar-refractivity contribution in [3.05, 3.63) is 41.9 Å². The highest BCUT2D eigenvalue weighted by molar-refractivity contribution is 5.62. The van der Waals surface area contributed by atoms with Crippen molar-refractivity contribution in [1.29, 1.82) is 0 Å². The summed E-state index contributed by atoms with van der Waals surface area (Å²) in [6.45, 7) is 2.53. The summed E-state index contributed by atoms with van der Waals surface area (Å²) in [5.74, 6) is 0.911. The quantitative estimate of drug-likeness (QED) is 0.894. The molecule has 0 bridgehead atoms. The van der Waals surface area contributed by atoms with E-state index in [1.807, 2.05) is 18.2 Å². The summed E-state index contributed by atoms with van der Waals surface area (Å²) in [4.78, 5) is 8.38. The first kappa shape index (κ1) is 12.5. The zero-order valence-electron chi connectivity index (χ0n) is 10.7. The first-order chi connectivity index (χ1) is 8.78. The third-order valence-electron chi connectivity index (χ3n) is 2.89. The van der Waals surface area contributed by atoms with Crippen LogP contribution in [0.2, 0.25) is 0 Å². The molecule has 0 unspecified atom stereocenters. The van der Waals surface area contributed by atoms with E-state index in [2.05, 4.69) is 23.0 Å². The van der Waals surface area contributed by atoms with E-state index < -0.39 is 0 Å². The molecule has 0 saturated carbocycles. The molecule has 1 aromatic carbocycles. The number of aryl methyl sites for hydroxylation is 1. The minimum atomic E-state index is 0.423. The summed E-state index contributed by atoms with van der Waals surface area (Å²) in [6.07, 6.45) is 2.47. The molecule has 0 aliphatic carbocycles. The standard InChI is InChI=1S/C14H17N3O/c1-3-10-6-11(4-5-14(10)18-2)13-7-12(8-15)16-9-17-13/h4-7,9H,3,8,15H2,1-2H3. The van der Waals surface area contributed by atoms with Gasteiger partial charge in [-0.05, 0) is 36.2 Å². The van der Waals surface area contributed by atoms with Crippen molar-refractivity contribution < 1.29 is 4.74 Å². The third kappa shape index (κ3) is 2.49. The molecule has 0 fully saturated rings. The third-order valence-corrected chi connectivity index (χ3v) is 2.89. The van der Waals surface area contributed by atoms with E-state index in [4.69, 9.17) is 10.5 Å². The van der Waals surface area contributed by atoms with Gasteiger partial charge in [0.2, 0.25) is 0 Å². The lowest BCUT2D eigenvalue weighted by atomic mass is 10.0. The monoisotopic (exact) mass is 243 g/mol. The van der Waals surface area contributed by atoms with Crippen molar-refractivity contribution >= 4 is 0 Å². The molecule has 0 radical (unpaired) electrons. The summed E-state index contributed by atoms with van der Waals surface area (Å²) in [7, 11) is 1.69. The number of rotatable bonds is 4. The second-order valence-corrected chi connectivity index (χ2v) is 3.98. The Labute approximate surface area is 107 Å². The smallest absolute Gasteiger partial charge is 0.122 e. The van der Waals surface area contributed by atoms with Gasteiger partial charge in [0, 0.05) is 12.1 Å². The van der Waals surface area contributed by atoms with Gasteiger partial charge in [0.1, 0.15) is 12.1 Å². The lowest BCUT2D eigenvalue weighted by molar-refractivity contribution is 0.410. The van der Waals surface area contributed by atoms with Crippen molar-refractivity contribution in [2.24, 2.45) is 5.73 Å². The van der Waals surface area contributed by atoms with Crippen molar-refractivity contribution in [2.75, 3.05) is 7.11 Å². The average molecular weight is 243 g/mol. The first-order valence-electron chi connectivity index (χ1n) is 5.96. The van der Waals surface area contributed by atoms with E-state index in [1.54, 1.807) is 13.4 Å². The Morgan fingerprint density at radius 3 is 2.72 bits per heavy atom. The first-order valence-corrected chi connectivity index (χ1v) is 5.96. The average Bonchev–Trinajstić information content (AvgIpc) is 2.46. The molecule has 1 aromatic heterocycles. The van der Waals surface area contributed by atoms with Crippen LogP contribution in [0, 0.1) is 0 Å². The van der Waals surface area contributed by atoms with Crippen LogP contribution < -0.4 is 10.5 Å². The molecule has 0 aliphatic rings. The molecule has 4 heteroatoms. The number of nitrogens with two attached hydrogens (primary N) is 1. The molecule has 18 heavy (non-hydrogen) atoms. The maximum absolute atomic E-state index is 5.59. The van der Waals surface area contributed by atoms with Crippen LogP contribution in [0.15, 0.2) is 30.6 Å². The molecule has 0 aliphatic heterocycles. The number of hydrogen-bond donors (Lipinski definition) is 1. The second-order valence-electron chi connectivity index (χ2n) is 3.98. The van der Waals surface area contributed by atoms with Crippen LogP contribution in [0.4, 0.5) is 0 Å². The Morgan fingerprint density at radius 1 is 1.22 bits per heavy atom. The zero-order chi connectivity index (χ0) is 13.0. The summed E-state index contributed by atoms with van der Waals surface area (Å²) >= 11 is 0. The number of hydrogen-bond acceptors (Lipinski definition) is 4. The molecule has 0 spiro atoms. The summed E-state index contributed by atoms with van der Waals surface area (Å²) < 4.78 is 5.32. The fourth-order valence-corrected chi connectivity index (χ4v) is 1.88. The predicted molar refractivity (Wildman–Crippen MR) is 71.3 cm³/mol. The Morgan fingerprint density at radius 2 is 2.06 bits per heavy atom.